The third-order valence-electron chi connectivity index (χ3n) is 2.92. The molecule has 2 aromatic rings. The lowest BCUT2D eigenvalue weighted by atomic mass is 10.3. The van der Waals surface area contributed by atoms with Gasteiger partial charge in [0.1, 0.15) is 16.6 Å². The summed E-state index contributed by atoms with van der Waals surface area (Å²) in [6, 6.07) is 1.73. The Hall–Kier alpha value is -1.04. The first kappa shape index (κ1) is 16.3. The molecule has 114 valence electrons. The Morgan fingerprint density at radius 2 is 1.95 bits per heavy atom. The minimum atomic E-state index is 0.0379. The zero-order valence-corrected chi connectivity index (χ0v) is 14.5. The molecule has 0 saturated carbocycles. The molecule has 2 N–H and O–H groups in total. The van der Waals surface area contributed by atoms with Crippen LogP contribution in [0.5, 0.6) is 0 Å². The Morgan fingerprint density at radius 3 is 2.57 bits per heavy atom. The van der Waals surface area contributed by atoms with Crippen LogP contribution in [0.4, 0.5) is 11.6 Å². The minimum absolute atomic E-state index is 0.0379. The average Bonchev–Trinajstić information content (AvgIpc) is 2.93. The Labute approximate surface area is 138 Å². The molecule has 0 aliphatic heterocycles. The van der Waals surface area contributed by atoms with Gasteiger partial charge >= 0.3 is 0 Å². The van der Waals surface area contributed by atoms with Crippen molar-refractivity contribution in [3.63, 3.8) is 0 Å². The van der Waals surface area contributed by atoms with Gasteiger partial charge in [0.2, 0.25) is 0 Å². The summed E-state index contributed by atoms with van der Waals surface area (Å²) in [7, 11) is 0. The second-order valence-corrected chi connectivity index (χ2v) is 6.53. The Morgan fingerprint density at radius 1 is 1.24 bits per heavy atom. The van der Waals surface area contributed by atoms with Gasteiger partial charge in [-0.2, -0.15) is 0 Å². The van der Waals surface area contributed by atoms with Crippen LogP contribution in [0.2, 0.25) is 10.0 Å². The molecular formula is C14H18Cl2N4S. The highest BCUT2D eigenvalue weighted by atomic mass is 35.5. The van der Waals surface area contributed by atoms with Crippen LogP contribution in [0.25, 0.3) is 0 Å². The second kappa shape index (κ2) is 7.29. The molecule has 1 atom stereocenters. The first-order valence-electron chi connectivity index (χ1n) is 6.86. The molecule has 4 nitrogen and oxygen atoms in total. The maximum atomic E-state index is 6.21. The summed E-state index contributed by atoms with van der Waals surface area (Å²) in [6.45, 7) is 6.90. The lowest BCUT2D eigenvalue weighted by molar-refractivity contribution is 0.860. The van der Waals surface area contributed by atoms with Gasteiger partial charge in [-0.3, -0.25) is 0 Å². The van der Waals surface area contributed by atoms with E-state index in [2.05, 4.69) is 27.5 Å². The SMILES string of the molecule is CCNc1nc(NC(C)c2ncc(CC)s2)c(Cl)cc1Cl. The summed E-state index contributed by atoms with van der Waals surface area (Å²) < 4.78 is 0. The smallest absolute Gasteiger partial charge is 0.147 e. The lowest BCUT2D eigenvalue weighted by Crippen LogP contribution is -2.10. The number of pyridine rings is 1. The first-order valence-corrected chi connectivity index (χ1v) is 8.43. The van der Waals surface area contributed by atoms with Gasteiger partial charge in [0.05, 0.1) is 16.1 Å². The Kier molecular flexibility index (Phi) is 5.67. The van der Waals surface area contributed by atoms with E-state index in [0.29, 0.717) is 21.7 Å². The quantitative estimate of drug-likeness (QED) is 0.772. The lowest BCUT2D eigenvalue weighted by Gasteiger charge is -2.15. The molecule has 0 radical (unpaired) electrons. The summed E-state index contributed by atoms with van der Waals surface area (Å²) in [6.07, 6.45) is 2.91. The van der Waals surface area contributed by atoms with Crippen LogP contribution in [0.3, 0.4) is 0 Å². The number of hydrogen-bond acceptors (Lipinski definition) is 5. The normalized spacial score (nSPS) is 12.2. The maximum Gasteiger partial charge on any atom is 0.147 e. The fraction of sp³-hybridized carbons (Fsp3) is 0.429. The van der Waals surface area contributed by atoms with Crippen molar-refractivity contribution in [2.24, 2.45) is 0 Å². The van der Waals surface area contributed by atoms with Gasteiger partial charge in [-0.15, -0.1) is 11.3 Å². The molecular weight excluding hydrogens is 327 g/mol. The van der Waals surface area contributed by atoms with E-state index in [9.17, 15) is 0 Å². The predicted octanol–water partition coefficient (Wildman–Crippen LogP) is 5.01. The van der Waals surface area contributed by atoms with Crippen LogP contribution in [0.15, 0.2) is 12.3 Å². The number of hydrogen-bond donors (Lipinski definition) is 2. The molecule has 0 spiro atoms. The van der Waals surface area contributed by atoms with Crippen molar-refractivity contribution in [1.29, 1.82) is 0 Å². The van der Waals surface area contributed by atoms with Gasteiger partial charge in [0.15, 0.2) is 0 Å². The molecule has 0 saturated heterocycles. The van der Waals surface area contributed by atoms with Crippen molar-refractivity contribution in [2.75, 3.05) is 17.2 Å². The third-order valence-corrected chi connectivity index (χ3v) is 4.82. The van der Waals surface area contributed by atoms with Crippen LogP contribution in [-0.2, 0) is 6.42 Å². The molecule has 1 unspecified atom stereocenters. The van der Waals surface area contributed by atoms with Gasteiger partial charge in [-0.05, 0) is 26.3 Å². The van der Waals surface area contributed by atoms with Crippen LogP contribution in [0.1, 0.15) is 36.7 Å². The molecule has 0 aliphatic carbocycles. The van der Waals surface area contributed by atoms with Crippen molar-refractivity contribution >= 4 is 46.2 Å². The predicted molar refractivity (Wildman–Crippen MR) is 92.0 cm³/mol. The topological polar surface area (TPSA) is 49.8 Å². The van der Waals surface area contributed by atoms with Crippen LogP contribution < -0.4 is 10.6 Å². The third kappa shape index (κ3) is 3.99. The summed E-state index contributed by atoms with van der Waals surface area (Å²) in [5.74, 6) is 1.24. The zero-order chi connectivity index (χ0) is 15.4. The van der Waals surface area contributed by atoms with Crippen LogP contribution in [-0.4, -0.2) is 16.5 Å². The van der Waals surface area contributed by atoms with Crippen LogP contribution >= 0.6 is 34.5 Å². The van der Waals surface area contributed by atoms with E-state index in [4.69, 9.17) is 23.2 Å². The number of anilines is 2. The van der Waals surface area contributed by atoms with Gasteiger partial charge < -0.3 is 10.6 Å². The molecule has 7 heteroatoms. The van der Waals surface area contributed by atoms with Gasteiger partial charge in [0, 0.05) is 17.6 Å². The number of nitrogens with zero attached hydrogens (tertiary/aromatic N) is 2. The Balaban J connectivity index is 2.19. The van der Waals surface area contributed by atoms with Crippen LogP contribution in [0, 0.1) is 0 Å². The molecule has 0 amide bonds. The van der Waals surface area contributed by atoms with Crippen molar-refractivity contribution in [3.05, 3.63) is 32.2 Å². The van der Waals surface area contributed by atoms with E-state index in [1.807, 2.05) is 20.0 Å². The number of rotatable bonds is 6. The highest BCUT2D eigenvalue weighted by molar-refractivity contribution is 7.11. The first-order chi connectivity index (χ1) is 10.0. The molecule has 2 heterocycles. The van der Waals surface area contributed by atoms with Gasteiger partial charge in [-0.25, -0.2) is 9.97 Å². The van der Waals surface area contributed by atoms with E-state index < -0.39 is 0 Å². The van der Waals surface area contributed by atoms with E-state index in [-0.39, 0.29) is 6.04 Å². The molecule has 0 aliphatic rings. The zero-order valence-electron chi connectivity index (χ0n) is 12.2. The summed E-state index contributed by atoms with van der Waals surface area (Å²) in [4.78, 5) is 10.1. The highest BCUT2D eigenvalue weighted by Crippen LogP contribution is 2.32. The number of aryl methyl sites for hydroxylation is 1. The minimum Gasteiger partial charge on any atom is -0.369 e. The number of nitrogens with one attached hydrogen (secondary N) is 2. The largest absolute Gasteiger partial charge is 0.369 e. The maximum absolute atomic E-state index is 6.21. The summed E-state index contributed by atoms with van der Waals surface area (Å²) in [5, 5.41) is 8.45. The molecule has 21 heavy (non-hydrogen) atoms. The fourth-order valence-electron chi connectivity index (χ4n) is 1.81. The van der Waals surface area contributed by atoms with Crippen molar-refractivity contribution in [2.45, 2.75) is 33.2 Å². The molecule has 2 aromatic heterocycles. The summed E-state index contributed by atoms with van der Waals surface area (Å²) >= 11 is 14.0. The van der Waals surface area contributed by atoms with Crippen molar-refractivity contribution in [1.82, 2.24) is 9.97 Å². The monoisotopic (exact) mass is 344 g/mol. The average molecular weight is 345 g/mol. The molecule has 0 aromatic carbocycles. The number of aromatic nitrogens is 2. The standard InChI is InChI=1S/C14H18Cl2N4S/c1-4-9-7-18-14(21-9)8(3)19-13-11(16)6-10(15)12(20-13)17-5-2/h6-8H,4-5H2,1-3H3,(H2,17,19,20). The molecule has 2 rings (SSSR count). The van der Waals surface area contributed by atoms with Crippen molar-refractivity contribution < 1.29 is 0 Å². The van der Waals surface area contributed by atoms with Crippen molar-refractivity contribution in [3.8, 4) is 0 Å². The van der Waals surface area contributed by atoms with E-state index in [0.717, 1.165) is 18.0 Å². The van der Waals surface area contributed by atoms with Gasteiger partial charge in [0.25, 0.3) is 0 Å². The molecule has 0 fully saturated rings. The fourth-order valence-corrected chi connectivity index (χ4v) is 3.15. The Bertz CT molecular complexity index is 615. The summed E-state index contributed by atoms with van der Waals surface area (Å²) in [5.41, 5.74) is 0. The van der Waals surface area contributed by atoms with E-state index in [1.165, 1.54) is 4.88 Å². The molecule has 0 bridgehead atoms. The number of thiazole rings is 1. The van der Waals surface area contributed by atoms with Gasteiger partial charge in [-0.1, -0.05) is 30.1 Å². The van der Waals surface area contributed by atoms with E-state index >= 15 is 0 Å². The highest BCUT2D eigenvalue weighted by Gasteiger charge is 2.14. The second-order valence-electron chi connectivity index (χ2n) is 4.56. The van der Waals surface area contributed by atoms with E-state index in [1.54, 1.807) is 17.4 Å². The number of halogens is 2.